The van der Waals surface area contributed by atoms with Crippen molar-refractivity contribution in [3.05, 3.63) is 53.6 Å². The van der Waals surface area contributed by atoms with Gasteiger partial charge in [0.2, 0.25) is 0 Å². The van der Waals surface area contributed by atoms with E-state index in [-0.39, 0.29) is 0 Å². The molecule has 3 atom stereocenters. The van der Waals surface area contributed by atoms with Gasteiger partial charge in [-0.05, 0) is 91.0 Å². The zero-order valence-corrected chi connectivity index (χ0v) is 14.7. The first-order valence-corrected chi connectivity index (χ1v) is 9.76. The highest BCUT2D eigenvalue weighted by Crippen LogP contribution is 2.53. The molecule has 1 saturated heterocycles. The number of hydrogen-bond donors (Lipinski definition) is 0. The van der Waals surface area contributed by atoms with E-state index >= 15 is 0 Å². The molecule has 124 valence electrons. The number of benzene rings is 2. The Bertz CT molecular complexity index is 803. The van der Waals surface area contributed by atoms with E-state index in [1.807, 2.05) is 0 Å². The van der Waals surface area contributed by atoms with Crippen molar-refractivity contribution in [1.82, 2.24) is 4.90 Å². The van der Waals surface area contributed by atoms with Gasteiger partial charge < -0.3 is 0 Å². The fraction of sp³-hybridized carbons (Fsp3) is 0.478. The highest BCUT2D eigenvalue weighted by Gasteiger charge is 2.40. The lowest BCUT2D eigenvalue weighted by Gasteiger charge is -2.27. The number of hydrogen-bond acceptors (Lipinski definition) is 1. The average molecular weight is 317 g/mol. The van der Waals surface area contributed by atoms with Crippen molar-refractivity contribution in [2.24, 2.45) is 11.8 Å². The van der Waals surface area contributed by atoms with Crippen LogP contribution < -0.4 is 0 Å². The second-order valence-corrected chi connectivity index (χ2v) is 8.17. The Balaban J connectivity index is 1.56. The van der Waals surface area contributed by atoms with Gasteiger partial charge in [0.1, 0.15) is 0 Å². The molecule has 2 aromatic rings. The molecule has 3 aliphatic rings. The van der Waals surface area contributed by atoms with E-state index in [0.29, 0.717) is 0 Å². The van der Waals surface area contributed by atoms with E-state index in [2.05, 4.69) is 54.3 Å². The molecular weight excluding hydrogens is 290 g/mol. The first-order chi connectivity index (χ1) is 11.8. The van der Waals surface area contributed by atoms with E-state index < -0.39 is 0 Å². The van der Waals surface area contributed by atoms with Crippen LogP contribution in [0.15, 0.2) is 48.0 Å². The van der Waals surface area contributed by atoms with Crippen molar-refractivity contribution in [2.45, 2.75) is 45.1 Å². The summed E-state index contributed by atoms with van der Waals surface area (Å²) in [6.07, 6.45) is 7.02. The normalized spacial score (nSPS) is 30.0. The van der Waals surface area contributed by atoms with Crippen molar-refractivity contribution in [3.8, 4) is 0 Å². The van der Waals surface area contributed by atoms with Crippen molar-refractivity contribution >= 4 is 16.3 Å². The van der Waals surface area contributed by atoms with Gasteiger partial charge in [0, 0.05) is 12.6 Å². The lowest BCUT2D eigenvalue weighted by molar-refractivity contribution is 0.283. The van der Waals surface area contributed by atoms with Crippen LogP contribution in [0.4, 0.5) is 0 Å². The van der Waals surface area contributed by atoms with Crippen LogP contribution in [0, 0.1) is 11.8 Å². The minimum Gasteiger partial charge on any atom is -0.297 e. The molecule has 0 N–H and O–H groups in total. The largest absolute Gasteiger partial charge is 0.297 e. The van der Waals surface area contributed by atoms with Crippen LogP contribution in [0.2, 0.25) is 0 Å². The zero-order valence-electron chi connectivity index (χ0n) is 14.7. The molecule has 5 rings (SSSR count). The van der Waals surface area contributed by atoms with Crippen LogP contribution >= 0.6 is 0 Å². The van der Waals surface area contributed by atoms with Crippen LogP contribution in [0.5, 0.6) is 0 Å². The lowest BCUT2D eigenvalue weighted by Crippen LogP contribution is -2.30. The van der Waals surface area contributed by atoms with E-state index in [9.17, 15) is 0 Å². The molecule has 1 nitrogen and oxygen atoms in total. The molecule has 1 aliphatic heterocycles. The second-order valence-electron chi connectivity index (χ2n) is 8.17. The molecular formula is C23H27N. The molecule has 3 unspecified atom stereocenters. The van der Waals surface area contributed by atoms with Gasteiger partial charge in [-0.3, -0.25) is 4.90 Å². The Kier molecular flexibility index (Phi) is 3.52. The molecule has 0 spiro atoms. The molecule has 2 aromatic carbocycles. The summed E-state index contributed by atoms with van der Waals surface area (Å²) >= 11 is 0. The number of likely N-dealkylation sites (tertiary alicyclic amines) is 1. The summed E-state index contributed by atoms with van der Waals surface area (Å²) in [6, 6.07) is 16.7. The molecule has 24 heavy (non-hydrogen) atoms. The van der Waals surface area contributed by atoms with Gasteiger partial charge in [0.15, 0.2) is 0 Å². The Morgan fingerprint density at radius 2 is 1.79 bits per heavy atom. The second kappa shape index (κ2) is 5.74. The molecule has 2 bridgehead atoms. The van der Waals surface area contributed by atoms with Crippen molar-refractivity contribution < 1.29 is 0 Å². The van der Waals surface area contributed by atoms with Gasteiger partial charge in [-0.25, -0.2) is 0 Å². The van der Waals surface area contributed by atoms with Crippen molar-refractivity contribution in [2.75, 3.05) is 13.1 Å². The third-order valence-electron chi connectivity index (χ3n) is 6.80. The molecule has 0 amide bonds. The summed E-state index contributed by atoms with van der Waals surface area (Å²) in [7, 11) is 0. The third-order valence-corrected chi connectivity index (χ3v) is 6.80. The molecule has 2 fully saturated rings. The summed E-state index contributed by atoms with van der Waals surface area (Å²) in [5, 5.41) is 2.75. The Hall–Kier alpha value is -1.60. The predicted molar refractivity (Wildman–Crippen MR) is 102 cm³/mol. The third kappa shape index (κ3) is 2.33. The Morgan fingerprint density at radius 3 is 2.62 bits per heavy atom. The number of nitrogens with zero attached hydrogens (tertiary/aromatic N) is 1. The van der Waals surface area contributed by atoms with Crippen LogP contribution in [0.3, 0.4) is 0 Å². The van der Waals surface area contributed by atoms with Gasteiger partial charge in [-0.1, -0.05) is 36.4 Å². The summed E-state index contributed by atoms with van der Waals surface area (Å²) in [4.78, 5) is 2.73. The summed E-state index contributed by atoms with van der Waals surface area (Å²) in [5.41, 5.74) is 5.01. The van der Waals surface area contributed by atoms with Gasteiger partial charge in [0.05, 0.1) is 0 Å². The minimum atomic E-state index is 0.773. The minimum absolute atomic E-state index is 0.773. The van der Waals surface area contributed by atoms with E-state index in [1.165, 1.54) is 61.5 Å². The average Bonchev–Trinajstić information content (AvgIpc) is 3.32. The van der Waals surface area contributed by atoms with Crippen molar-refractivity contribution in [1.29, 1.82) is 0 Å². The fourth-order valence-corrected chi connectivity index (χ4v) is 5.48. The first-order valence-electron chi connectivity index (χ1n) is 9.76. The monoisotopic (exact) mass is 317 g/mol. The number of allylic oxidation sites excluding steroid dienone is 1. The highest BCUT2D eigenvalue weighted by molar-refractivity contribution is 5.87. The highest BCUT2D eigenvalue weighted by atomic mass is 15.2. The first kappa shape index (κ1) is 14.7. The topological polar surface area (TPSA) is 3.24 Å². The lowest BCUT2D eigenvalue weighted by atomic mass is 9.86. The van der Waals surface area contributed by atoms with Crippen LogP contribution in [0.25, 0.3) is 16.3 Å². The van der Waals surface area contributed by atoms with Gasteiger partial charge in [-0.15, -0.1) is 0 Å². The SMILES string of the molecule is CC1CCCN1CC1=C(c2ccc3ccccc3c2)C2CCC1C2. The zero-order chi connectivity index (χ0) is 16.1. The summed E-state index contributed by atoms with van der Waals surface area (Å²) < 4.78 is 0. The predicted octanol–water partition coefficient (Wildman–Crippen LogP) is 5.51. The summed E-state index contributed by atoms with van der Waals surface area (Å²) in [6.45, 7) is 4.94. The van der Waals surface area contributed by atoms with E-state index in [4.69, 9.17) is 0 Å². The van der Waals surface area contributed by atoms with E-state index in [0.717, 1.165) is 17.9 Å². The van der Waals surface area contributed by atoms with Crippen LogP contribution in [-0.4, -0.2) is 24.0 Å². The Labute approximate surface area is 145 Å². The van der Waals surface area contributed by atoms with Crippen molar-refractivity contribution in [3.63, 3.8) is 0 Å². The van der Waals surface area contributed by atoms with Gasteiger partial charge in [0.25, 0.3) is 0 Å². The van der Waals surface area contributed by atoms with Crippen LogP contribution in [-0.2, 0) is 0 Å². The maximum absolute atomic E-state index is 2.73. The van der Waals surface area contributed by atoms with Crippen LogP contribution in [0.1, 0.15) is 44.6 Å². The quantitative estimate of drug-likeness (QED) is 0.721. The standard InChI is InChI=1S/C23H27N/c1-16-5-4-12-24(16)15-22-19-9-11-21(14-19)23(22)20-10-8-17-6-2-3-7-18(17)13-20/h2-3,6-8,10,13,16,19,21H,4-5,9,11-12,14-15H2,1H3. The Morgan fingerprint density at radius 1 is 0.958 bits per heavy atom. The molecule has 1 heterocycles. The van der Waals surface area contributed by atoms with Gasteiger partial charge in [-0.2, -0.15) is 0 Å². The molecule has 0 radical (unpaired) electrons. The molecule has 1 saturated carbocycles. The maximum Gasteiger partial charge on any atom is 0.0204 e. The maximum atomic E-state index is 2.73. The molecule has 0 aromatic heterocycles. The number of fused-ring (bicyclic) bond motifs is 3. The van der Waals surface area contributed by atoms with E-state index in [1.54, 1.807) is 11.1 Å². The summed E-state index contributed by atoms with van der Waals surface area (Å²) in [5.74, 6) is 1.69. The molecule has 1 heteroatoms. The van der Waals surface area contributed by atoms with Gasteiger partial charge >= 0.3 is 0 Å². The number of rotatable bonds is 3. The molecule has 2 aliphatic carbocycles. The smallest absolute Gasteiger partial charge is 0.0204 e. The fourth-order valence-electron chi connectivity index (χ4n) is 5.48.